The first-order chi connectivity index (χ1) is 11.2. The Morgan fingerprint density at radius 2 is 2.26 bits per heavy atom. The normalized spacial score (nSPS) is 18.5. The van der Waals surface area contributed by atoms with Gasteiger partial charge in [-0.15, -0.1) is 11.3 Å². The molecule has 3 aromatic rings. The maximum absolute atomic E-state index is 12.7. The molecule has 0 unspecified atom stereocenters. The third-order valence-corrected chi connectivity index (χ3v) is 5.39. The van der Waals surface area contributed by atoms with Crippen molar-refractivity contribution in [2.45, 2.75) is 25.7 Å². The lowest BCUT2D eigenvalue weighted by molar-refractivity contribution is 0.0711. The second kappa shape index (κ2) is 5.77. The van der Waals surface area contributed by atoms with E-state index in [0.29, 0.717) is 5.92 Å². The van der Waals surface area contributed by atoms with Crippen LogP contribution >= 0.6 is 11.3 Å². The van der Waals surface area contributed by atoms with Crippen LogP contribution < -0.4 is 0 Å². The van der Waals surface area contributed by atoms with Gasteiger partial charge in [0.1, 0.15) is 0 Å². The van der Waals surface area contributed by atoms with Crippen molar-refractivity contribution in [1.82, 2.24) is 20.1 Å². The number of fused-ring (bicyclic) bond motifs is 1. The summed E-state index contributed by atoms with van der Waals surface area (Å²) >= 11 is 1.57. The van der Waals surface area contributed by atoms with Crippen LogP contribution in [0.15, 0.2) is 30.5 Å². The quantitative estimate of drug-likeness (QED) is 0.785. The number of pyridine rings is 1. The van der Waals surface area contributed by atoms with Crippen LogP contribution in [0.25, 0.3) is 11.0 Å². The first-order valence-corrected chi connectivity index (χ1v) is 8.68. The zero-order valence-electron chi connectivity index (χ0n) is 13.0. The van der Waals surface area contributed by atoms with E-state index >= 15 is 0 Å². The Labute approximate surface area is 138 Å². The van der Waals surface area contributed by atoms with E-state index in [1.165, 1.54) is 4.88 Å². The summed E-state index contributed by atoms with van der Waals surface area (Å²) in [6, 6.07) is 8.05. The molecule has 0 spiro atoms. The van der Waals surface area contributed by atoms with Crippen molar-refractivity contribution in [3.05, 3.63) is 45.9 Å². The number of hydrogen-bond donors (Lipinski definition) is 1. The van der Waals surface area contributed by atoms with Crippen LogP contribution in [0.2, 0.25) is 0 Å². The van der Waals surface area contributed by atoms with E-state index in [0.717, 1.165) is 47.5 Å². The molecule has 23 heavy (non-hydrogen) atoms. The third kappa shape index (κ3) is 2.74. The van der Waals surface area contributed by atoms with Crippen molar-refractivity contribution in [1.29, 1.82) is 0 Å². The number of aromatic amines is 1. The number of nitrogens with one attached hydrogen (secondary N) is 1. The second-order valence-electron chi connectivity index (χ2n) is 6.04. The molecule has 1 aliphatic rings. The Morgan fingerprint density at radius 3 is 3.09 bits per heavy atom. The Balaban J connectivity index is 1.55. The van der Waals surface area contributed by atoms with Crippen LogP contribution in [0.4, 0.5) is 0 Å². The van der Waals surface area contributed by atoms with Gasteiger partial charge in [-0.1, -0.05) is 0 Å². The summed E-state index contributed by atoms with van der Waals surface area (Å²) in [4.78, 5) is 21.3. The lowest BCUT2D eigenvalue weighted by atomic mass is 9.94. The number of thiophene rings is 1. The summed E-state index contributed by atoms with van der Waals surface area (Å²) in [6.07, 6.45) is 3.87. The van der Waals surface area contributed by atoms with Crippen LogP contribution in [-0.2, 0) is 0 Å². The molecule has 4 heterocycles. The molecule has 1 saturated heterocycles. The largest absolute Gasteiger partial charge is 0.337 e. The average Bonchev–Trinajstić information content (AvgIpc) is 3.22. The Hall–Kier alpha value is -2.21. The molecule has 0 saturated carbocycles. The maximum Gasteiger partial charge on any atom is 0.263 e. The number of piperidine rings is 1. The molecule has 118 valence electrons. The first kappa shape index (κ1) is 14.4. The van der Waals surface area contributed by atoms with Gasteiger partial charge in [-0.05, 0) is 44.0 Å². The molecular weight excluding hydrogens is 308 g/mol. The molecule has 1 aliphatic heterocycles. The first-order valence-electron chi connectivity index (χ1n) is 7.86. The standard InChI is InChI=1S/C17H18N4OS/c1-11-4-7-15(23-11)17(22)21-8-2-3-13(10-21)14-6-5-12-9-18-20-16(12)19-14/h4-7,9,13H,2-3,8,10H2,1H3,(H,18,19,20)/t13-/m1/s1. The fourth-order valence-corrected chi connectivity index (χ4v) is 4.01. The predicted molar refractivity (Wildman–Crippen MR) is 90.8 cm³/mol. The molecule has 0 aliphatic carbocycles. The summed E-state index contributed by atoms with van der Waals surface area (Å²) < 4.78 is 0. The number of aryl methyl sites for hydroxylation is 1. The van der Waals surface area contributed by atoms with Gasteiger partial charge < -0.3 is 4.90 Å². The van der Waals surface area contributed by atoms with Gasteiger partial charge in [-0.25, -0.2) is 4.98 Å². The minimum atomic E-state index is 0.149. The van der Waals surface area contributed by atoms with E-state index < -0.39 is 0 Å². The van der Waals surface area contributed by atoms with Crippen LogP contribution in [0.1, 0.15) is 39.0 Å². The SMILES string of the molecule is Cc1ccc(C(=O)N2CCC[C@@H](c3ccc4cn[nH]c4n3)C2)s1. The van der Waals surface area contributed by atoms with Crippen LogP contribution in [-0.4, -0.2) is 39.1 Å². The molecule has 3 aromatic heterocycles. The van der Waals surface area contributed by atoms with E-state index in [1.807, 2.05) is 30.0 Å². The molecule has 0 radical (unpaired) electrons. The molecule has 1 fully saturated rings. The summed E-state index contributed by atoms with van der Waals surface area (Å²) in [5, 5.41) is 7.96. The van der Waals surface area contributed by atoms with Crippen molar-refractivity contribution in [3.8, 4) is 0 Å². The minimum absolute atomic E-state index is 0.149. The zero-order chi connectivity index (χ0) is 15.8. The molecule has 4 rings (SSSR count). The number of carbonyl (C=O) groups excluding carboxylic acids is 1. The molecule has 1 N–H and O–H groups in total. The van der Waals surface area contributed by atoms with E-state index in [1.54, 1.807) is 17.5 Å². The number of H-pyrrole nitrogens is 1. The van der Waals surface area contributed by atoms with Crippen molar-refractivity contribution >= 4 is 28.3 Å². The summed E-state index contributed by atoms with van der Waals surface area (Å²) in [5.41, 5.74) is 1.86. The highest BCUT2D eigenvalue weighted by molar-refractivity contribution is 7.13. The minimum Gasteiger partial charge on any atom is -0.337 e. The molecular formula is C17H18N4OS. The lowest BCUT2D eigenvalue weighted by Gasteiger charge is -2.32. The molecule has 5 nitrogen and oxygen atoms in total. The third-order valence-electron chi connectivity index (χ3n) is 4.40. The molecule has 0 bridgehead atoms. The van der Waals surface area contributed by atoms with Crippen LogP contribution in [0.3, 0.4) is 0 Å². The smallest absolute Gasteiger partial charge is 0.263 e. The number of rotatable bonds is 2. The van der Waals surface area contributed by atoms with Gasteiger partial charge in [0.15, 0.2) is 5.65 Å². The van der Waals surface area contributed by atoms with Gasteiger partial charge in [0.2, 0.25) is 0 Å². The predicted octanol–water partition coefficient (Wildman–Crippen LogP) is 3.35. The van der Waals surface area contributed by atoms with Crippen molar-refractivity contribution in [2.75, 3.05) is 13.1 Å². The van der Waals surface area contributed by atoms with Crippen LogP contribution in [0, 0.1) is 6.92 Å². The van der Waals surface area contributed by atoms with Gasteiger partial charge in [0, 0.05) is 35.0 Å². The topological polar surface area (TPSA) is 61.9 Å². The Bertz CT molecular complexity index is 853. The fraction of sp³-hybridized carbons (Fsp3) is 0.353. The maximum atomic E-state index is 12.7. The number of amides is 1. The van der Waals surface area contributed by atoms with E-state index in [2.05, 4.69) is 21.2 Å². The number of hydrogen-bond acceptors (Lipinski definition) is 4. The summed E-state index contributed by atoms with van der Waals surface area (Å²) in [6.45, 7) is 3.60. The number of carbonyl (C=O) groups is 1. The van der Waals surface area contributed by atoms with Crippen molar-refractivity contribution in [2.24, 2.45) is 0 Å². The highest BCUT2D eigenvalue weighted by Gasteiger charge is 2.27. The highest BCUT2D eigenvalue weighted by atomic mass is 32.1. The van der Waals surface area contributed by atoms with E-state index in [-0.39, 0.29) is 5.91 Å². The molecule has 1 amide bonds. The second-order valence-corrected chi connectivity index (χ2v) is 7.33. The van der Waals surface area contributed by atoms with E-state index in [4.69, 9.17) is 0 Å². The monoisotopic (exact) mass is 326 g/mol. The van der Waals surface area contributed by atoms with E-state index in [9.17, 15) is 4.79 Å². The van der Waals surface area contributed by atoms with Gasteiger partial charge in [0.05, 0.1) is 11.1 Å². The highest BCUT2D eigenvalue weighted by Crippen LogP contribution is 2.28. The van der Waals surface area contributed by atoms with Gasteiger partial charge >= 0.3 is 0 Å². The zero-order valence-corrected chi connectivity index (χ0v) is 13.8. The van der Waals surface area contributed by atoms with Crippen molar-refractivity contribution in [3.63, 3.8) is 0 Å². The van der Waals surface area contributed by atoms with Gasteiger partial charge in [0.25, 0.3) is 5.91 Å². The lowest BCUT2D eigenvalue weighted by Crippen LogP contribution is -2.39. The van der Waals surface area contributed by atoms with Gasteiger partial charge in [-0.3, -0.25) is 9.89 Å². The van der Waals surface area contributed by atoms with Gasteiger partial charge in [-0.2, -0.15) is 5.10 Å². The van der Waals surface area contributed by atoms with Crippen LogP contribution in [0.5, 0.6) is 0 Å². The average molecular weight is 326 g/mol. The number of nitrogens with zero attached hydrogens (tertiary/aromatic N) is 3. The summed E-state index contributed by atoms with van der Waals surface area (Å²) in [7, 11) is 0. The number of likely N-dealkylation sites (tertiary alicyclic amines) is 1. The van der Waals surface area contributed by atoms with Crippen molar-refractivity contribution < 1.29 is 4.79 Å². The molecule has 0 aromatic carbocycles. The Morgan fingerprint density at radius 1 is 1.35 bits per heavy atom. The molecule has 6 heteroatoms. The molecule has 1 atom stereocenters. The number of aromatic nitrogens is 3. The fourth-order valence-electron chi connectivity index (χ4n) is 3.18. The summed E-state index contributed by atoms with van der Waals surface area (Å²) in [5.74, 6) is 0.442. The Kier molecular flexibility index (Phi) is 3.61.